The lowest BCUT2D eigenvalue weighted by molar-refractivity contribution is 0.191. The van der Waals surface area contributed by atoms with Crippen molar-refractivity contribution in [3.8, 4) is 0 Å². The van der Waals surface area contributed by atoms with E-state index in [4.69, 9.17) is 5.11 Å². The van der Waals surface area contributed by atoms with Gasteiger partial charge in [-0.1, -0.05) is 29.8 Å². The Balaban J connectivity index is 2.96. The Morgan fingerprint density at radius 2 is 2.19 bits per heavy atom. The molecule has 0 radical (unpaired) electrons. The Morgan fingerprint density at radius 3 is 2.75 bits per heavy atom. The van der Waals surface area contributed by atoms with Gasteiger partial charge in [0.25, 0.3) is 0 Å². The third-order valence-electron chi connectivity index (χ3n) is 2.34. The van der Waals surface area contributed by atoms with E-state index in [1.54, 1.807) is 26.0 Å². The first-order valence-electron chi connectivity index (χ1n) is 4.75. The minimum absolute atomic E-state index is 0.162. The lowest BCUT2D eigenvalue weighted by Gasteiger charge is -2.25. The summed E-state index contributed by atoms with van der Waals surface area (Å²) >= 11 is 3.27. The van der Waals surface area contributed by atoms with Crippen molar-refractivity contribution in [1.29, 1.82) is 0 Å². The van der Waals surface area contributed by atoms with Crippen molar-refractivity contribution in [1.82, 2.24) is 5.32 Å². The molecular weight excluding hydrogens is 277 g/mol. The molecule has 0 fully saturated rings. The van der Waals surface area contributed by atoms with E-state index in [0.717, 1.165) is 4.47 Å². The summed E-state index contributed by atoms with van der Waals surface area (Å²) in [5.74, 6) is -0.333. The summed E-state index contributed by atoms with van der Waals surface area (Å²) in [5, 5.41) is 10.8. The lowest BCUT2D eigenvalue weighted by Crippen LogP contribution is -2.36. The molecule has 0 bridgehead atoms. The van der Waals surface area contributed by atoms with Crippen LogP contribution in [-0.2, 0) is 5.41 Å². The van der Waals surface area contributed by atoms with Crippen molar-refractivity contribution in [3.05, 3.63) is 34.1 Å². The topological polar surface area (TPSA) is 49.3 Å². The van der Waals surface area contributed by atoms with Crippen LogP contribution in [0.3, 0.4) is 0 Å². The second kappa shape index (κ2) is 4.82. The number of halogens is 2. The highest BCUT2D eigenvalue weighted by atomic mass is 79.9. The molecule has 1 rings (SSSR count). The van der Waals surface area contributed by atoms with Crippen LogP contribution < -0.4 is 5.32 Å². The second-order valence-electron chi connectivity index (χ2n) is 4.17. The number of rotatable bonds is 3. The molecule has 0 aromatic heterocycles. The number of benzene rings is 1. The fourth-order valence-electron chi connectivity index (χ4n) is 1.41. The summed E-state index contributed by atoms with van der Waals surface area (Å²) in [6.45, 7) is 3.73. The standard InChI is InChI=1S/C11H13BrFNO2/c1-11(2,6-14-10(15)16)8-5-7(12)3-4-9(8)13/h3-5,14H,6H2,1-2H3,(H,15,16). The van der Waals surface area contributed by atoms with Crippen LogP contribution in [0, 0.1) is 5.82 Å². The second-order valence-corrected chi connectivity index (χ2v) is 5.08. The van der Waals surface area contributed by atoms with Crippen molar-refractivity contribution in [2.75, 3.05) is 6.54 Å². The molecule has 0 unspecified atom stereocenters. The number of nitrogens with one attached hydrogen (secondary N) is 1. The summed E-state index contributed by atoms with van der Waals surface area (Å²) < 4.78 is 14.4. The monoisotopic (exact) mass is 289 g/mol. The van der Waals surface area contributed by atoms with Crippen LogP contribution in [0.25, 0.3) is 0 Å². The van der Waals surface area contributed by atoms with E-state index in [9.17, 15) is 9.18 Å². The van der Waals surface area contributed by atoms with Gasteiger partial charge in [0.15, 0.2) is 0 Å². The first kappa shape index (κ1) is 13.0. The molecule has 0 aliphatic carbocycles. The van der Waals surface area contributed by atoms with Gasteiger partial charge < -0.3 is 10.4 Å². The fraction of sp³-hybridized carbons (Fsp3) is 0.364. The molecule has 1 aromatic carbocycles. The average molecular weight is 290 g/mol. The summed E-state index contributed by atoms with van der Waals surface area (Å²) in [7, 11) is 0. The molecule has 0 heterocycles. The first-order chi connectivity index (χ1) is 7.33. The Kier molecular flexibility index (Phi) is 3.91. The third kappa shape index (κ3) is 3.20. The van der Waals surface area contributed by atoms with Gasteiger partial charge in [0.1, 0.15) is 5.82 Å². The van der Waals surface area contributed by atoms with Crippen LogP contribution in [0.15, 0.2) is 22.7 Å². The summed E-state index contributed by atoms with van der Waals surface area (Å²) in [5.41, 5.74) is -0.109. The van der Waals surface area contributed by atoms with Crippen molar-refractivity contribution in [3.63, 3.8) is 0 Å². The lowest BCUT2D eigenvalue weighted by atomic mass is 9.84. The van der Waals surface area contributed by atoms with Crippen LogP contribution in [0.2, 0.25) is 0 Å². The largest absolute Gasteiger partial charge is 0.465 e. The molecule has 0 spiro atoms. The van der Waals surface area contributed by atoms with Crippen LogP contribution in [0.5, 0.6) is 0 Å². The Morgan fingerprint density at radius 1 is 1.56 bits per heavy atom. The molecule has 5 heteroatoms. The van der Waals surface area contributed by atoms with Gasteiger partial charge >= 0.3 is 6.09 Å². The maximum Gasteiger partial charge on any atom is 0.404 e. The highest BCUT2D eigenvalue weighted by Crippen LogP contribution is 2.27. The van der Waals surface area contributed by atoms with Crippen molar-refractivity contribution >= 4 is 22.0 Å². The van der Waals surface area contributed by atoms with Crippen molar-refractivity contribution < 1.29 is 14.3 Å². The van der Waals surface area contributed by atoms with Gasteiger partial charge in [0, 0.05) is 16.4 Å². The van der Waals surface area contributed by atoms with Crippen LogP contribution in [0.1, 0.15) is 19.4 Å². The van der Waals surface area contributed by atoms with Crippen molar-refractivity contribution in [2.45, 2.75) is 19.3 Å². The van der Waals surface area contributed by atoms with Crippen molar-refractivity contribution in [2.24, 2.45) is 0 Å². The molecule has 16 heavy (non-hydrogen) atoms. The molecule has 1 amide bonds. The number of carboxylic acid groups (broad SMARTS) is 1. The fourth-order valence-corrected chi connectivity index (χ4v) is 1.77. The molecule has 1 aromatic rings. The molecule has 0 aliphatic heterocycles. The number of hydrogen-bond donors (Lipinski definition) is 2. The molecule has 0 saturated heterocycles. The maximum absolute atomic E-state index is 13.6. The van der Waals surface area contributed by atoms with Crippen LogP contribution >= 0.6 is 15.9 Å². The summed E-state index contributed by atoms with van der Waals surface area (Å²) in [6, 6.07) is 4.64. The van der Waals surface area contributed by atoms with Gasteiger partial charge in [-0.05, 0) is 23.8 Å². The number of hydrogen-bond acceptors (Lipinski definition) is 1. The third-order valence-corrected chi connectivity index (χ3v) is 2.83. The first-order valence-corrected chi connectivity index (χ1v) is 5.54. The van der Waals surface area contributed by atoms with Gasteiger partial charge in [0.2, 0.25) is 0 Å². The highest BCUT2D eigenvalue weighted by Gasteiger charge is 2.24. The minimum Gasteiger partial charge on any atom is -0.465 e. The molecule has 88 valence electrons. The van der Waals surface area contributed by atoms with Gasteiger partial charge in [-0.15, -0.1) is 0 Å². The Hall–Kier alpha value is -1.10. The van der Waals surface area contributed by atoms with E-state index in [0.29, 0.717) is 5.56 Å². The molecule has 2 N–H and O–H groups in total. The normalized spacial score (nSPS) is 11.2. The predicted molar refractivity (Wildman–Crippen MR) is 63.2 cm³/mol. The zero-order valence-electron chi connectivity index (χ0n) is 9.05. The van der Waals surface area contributed by atoms with E-state index < -0.39 is 11.5 Å². The van der Waals surface area contributed by atoms with Crippen LogP contribution in [0.4, 0.5) is 9.18 Å². The zero-order valence-corrected chi connectivity index (χ0v) is 10.6. The van der Waals surface area contributed by atoms with Gasteiger partial charge in [0.05, 0.1) is 0 Å². The number of carbonyl (C=O) groups is 1. The van der Waals surface area contributed by atoms with Gasteiger partial charge in [-0.2, -0.15) is 0 Å². The van der Waals surface area contributed by atoms with Gasteiger partial charge in [-0.25, -0.2) is 9.18 Å². The van der Waals surface area contributed by atoms with E-state index in [1.165, 1.54) is 6.07 Å². The minimum atomic E-state index is -1.11. The molecule has 0 aliphatic rings. The van der Waals surface area contributed by atoms with E-state index >= 15 is 0 Å². The van der Waals surface area contributed by atoms with Gasteiger partial charge in [-0.3, -0.25) is 0 Å². The SMILES string of the molecule is CC(C)(CNC(=O)O)c1cc(Br)ccc1F. The molecular formula is C11H13BrFNO2. The molecule has 0 saturated carbocycles. The Labute approximate surface area is 102 Å². The Bertz CT molecular complexity index is 407. The van der Waals surface area contributed by atoms with E-state index in [2.05, 4.69) is 21.2 Å². The summed E-state index contributed by atoms with van der Waals surface area (Å²) in [4.78, 5) is 10.4. The maximum atomic E-state index is 13.6. The molecule has 3 nitrogen and oxygen atoms in total. The highest BCUT2D eigenvalue weighted by molar-refractivity contribution is 9.10. The zero-order chi connectivity index (χ0) is 12.3. The number of amides is 1. The smallest absolute Gasteiger partial charge is 0.404 e. The van der Waals surface area contributed by atoms with E-state index in [1.807, 2.05) is 0 Å². The average Bonchev–Trinajstić information content (AvgIpc) is 2.19. The van der Waals surface area contributed by atoms with E-state index in [-0.39, 0.29) is 12.4 Å². The quantitative estimate of drug-likeness (QED) is 0.898. The van der Waals surface area contributed by atoms with Crippen LogP contribution in [-0.4, -0.2) is 17.7 Å². The predicted octanol–water partition coefficient (Wildman–Crippen LogP) is 3.13. The molecule has 0 atom stereocenters. The summed E-state index contributed by atoms with van der Waals surface area (Å²) in [6.07, 6.45) is -1.11.